The summed E-state index contributed by atoms with van der Waals surface area (Å²) in [6.07, 6.45) is 2.45. The van der Waals surface area contributed by atoms with Crippen molar-refractivity contribution in [3.05, 3.63) is 10.8 Å². The molecule has 0 aliphatic heterocycles. The molecule has 0 bridgehead atoms. The zero-order chi connectivity index (χ0) is 23.5. The Labute approximate surface area is 191 Å². The van der Waals surface area contributed by atoms with Crippen molar-refractivity contribution in [1.82, 2.24) is 0 Å². The quantitative estimate of drug-likeness (QED) is 0.0804. The molecule has 0 aliphatic carbocycles. The Bertz CT molecular complexity index is 565. The fourth-order valence-electron chi connectivity index (χ4n) is 2.31. The van der Waals surface area contributed by atoms with Gasteiger partial charge in [0.1, 0.15) is 12.2 Å². The molecular formula is C20H38CoO9Si. The van der Waals surface area contributed by atoms with Crippen LogP contribution >= 0.6 is 0 Å². The van der Waals surface area contributed by atoms with Crippen LogP contribution in [0.15, 0.2) is 10.8 Å². The van der Waals surface area contributed by atoms with E-state index < -0.39 is 28.4 Å². The summed E-state index contributed by atoms with van der Waals surface area (Å²) >= 11 is -1.55. The van der Waals surface area contributed by atoms with Crippen molar-refractivity contribution in [1.29, 1.82) is 0 Å². The number of hydrogen-bond acceptors (Lipinski definition) is 9. The molecule has 0 aromatic rings. The minimum atomic E-state index is -2.96. The molecule has 0 aromatic carbocycles. The molecule has 0 aromatic heterocycles. The first-order valence-electron chi connectivity index (χ1n) is 10.3. The molecule has 0 spiro atoms. The van der Waals surface area contributed by atoms with Gasteiger partial charge in [0.2, 0.25) is 0 Å². The number of Topliss-reactive ketones (excluding diaryl/α,β-unsaturated/α-hetero) is 1. The molecule has 0 aliphatic rings. The number of allylic oxidation sites excluding steroid dienone is 1. The fourth-order valence-corrected chi connectivity index (χ4v) is 5.43. The van der Waals surface area contributed by atoms with Crippen molar-refractivity contribution in [3.8, 4) is 0 Å². The summed E-state index contributed by atoms with van der Waals surface area (Å²) in [4.78, 5) is 22.1. The monoisotopic (exact) mass is 509 g/mol. The van der Waals surface area contributed by atoms with E-state index in [1.807, 2.05) is 0 Å². The topological polar surface area (TPSA) is 107 Å². The van der Waals surface area contributed by atoms with Crippen LogP contribution in [-0.4, -0.2) is 67.8 Å². The second-order valence-electron chi connectivity index (χ2n) is 6.66. The SMILES string of the molecule is CCCCOC[CH2][Co](=[O])[CH]=C(C)O[Si](CCCOCCOC(=O)CC(C)=O)(OC)OC. The summed E-state index contributed by atoms with van der Waals surface area (Å²) in [5, 5.41) is 2.03. The van der Waals surface area contributed by atoms with E-state index in [0.717, 1.165) is 12.8 Å². The molecule has 0 amide bonds. The van der Waals surface area contributed by atoms with E-state index in [1.54, 1.807) is 11.9 Å². The molecule has 0 N–H and O–H groups in total. The van der Waals surface area contributed by atoms with Crippen LogP contribution in [0.5, 0.6) is 0 Å². The van der Waals surface area contributed by atoms with Gasteiger partial charge in [-0.15, -0.1) is 0 Å². The third kappa shape index (κ3) is 16.4. The average molecular weight is 510 g/mol. The Balaban J connectivity index is 4.25. The second-order valence-corrected chi connectivity index (χ2v) is 11.3. The molecule has 0 atom stereocenters. The summed E-state index contributed by atoms with van der Waals surface area (Å²) in [5.74, 6) is -0.287. The van der Waals surface area contributed by atoms with Crippen molar-refractivity contribution >= 4 is 20.6 Å². The van der Waals surface area contributed by atoms with Gasteiger partial charge in [0.15, 0.2) is 0 Å². The van der Waals surface area contributed by atoms with Crippen molar-refractivity contribution in [2.24, 2.45) is 0 Å². The Kier molecular flexibility index (Phi) is 18.0. The van der Waals surface area contributed by atoms with Gasteiger partial charge >= 0.3 is 162 Å². The van der Waals surface area contributed by atoms with Crippen molar-refractivity contribution in [3.63, 3.8) is 0 Å². The van der Waals surface area contributed by atoms with Gasteiger partial charge < -0.3 is 0 Å². The second kappa shape index (κ2) is 18.6. The van der Waals surface area contributed by atoms with Crippen LogP contribution in [0.4, 0.5) is 0 Å². The van der Waals surface area contributed by atoms with Crippen molar-refractivity contribution in [2.75, 3.05) is 47.3 Å². The minimum absolute atomic E-state index is 0.0940. The number of rotatable bonds is 20. The molecule has 0 radical (unpaired) electrons. The third-order valence-corrected chi connectivity index (χ3v) is 8.18. The van der Waals surface area contributed by atoms with Gasteiger partial charge in [0.25, 0.3) is 0 Å². The standard InChI is InChI=1S/C14H25O7Si.C6H13O.Co.O/c1-12(2)21-22(17-4,18-5)10-6-7-19-8-9-20-14(16)11-13(3)15;1-3-5-6-7-4-2;;/h1H,6-11H2,2-5H3;2-6H2,1H3;;. The zero-order valence-electron chi connectivity index (χ0n) is 19.4. The molecule has 0 rings (SSSR count). The van der Waals surface area contributed by atoms with E-state index in [0.29, 0.717) is 43.4 Å². The summed E-state index contributed by atoms with van der Waals surface area (Å²) in [6, 6.07) is 0.506. The van der Waals surface area contributed by atoms with Gasteiger partial charge in [-0.05, 0) is 6.92 Å². The predicted octanol–water partition coefficient (Wildman–Crippen LogP) is 3.22. The summed E-state index contributed by atoms with van der Waals surface area (Å²) in [6.45, 7) is 7.03. The van der Waals surface area contributed by atoms with E-state index in [-0.39, 0.29) is 25.4 Å². The summed E-state index contributed by atoms with van der Waals surface area (Å²) < 4.78 is 44.9. The van der Waals surface area contributed by atoms with E-state index in [4.69, 9.17) is 27.5 Å². The van der Waals surface area contributed by atoms with Crippen LogP contribution < -0.4 is 0 Å². The number of unbranched alkanes of at least 4 members (excludes halogenated alkanes) is 1. The summed E-state index contributed by atoms with van der Waals surface area (Å²) in [7, 11) is 0.0967. The first kappa shape index (κ1) is 30.0. The molecule has 0 saturated carbocycles. The van der Waals surface area contributed by atoms with Crippen molar-refractivity contribution in [2.45, 2.75) is 57.9 Å². The first-order valence-corrected chi connectivity index (χ1v) is 14.0. The van der Waals surface area contributed by atoms with Crippen LogP contribution in [0.2, 0.25) is 11.4 Å². The van der Waals surface area contributed by atoms with E-state index in [9.17, 15) is 13.5 Å². The van der Waals surface area contributed by atoms with Crippen molar-refractivity contribution < 1.29 is 54.5 Å². The molecule has 0 heterocycles. The Morgan fingerprint density at radius 2 is 1.58 bits per heavy atom. The molecule has 9 nitrogen and oxygen atoms in total. The van der Waals surface area contributed by atoms with E-state index in [2.05, 4.69) is 6.92 Å². The number of ether oxygens (including phenoxy) is 3. The van der Waals surface area contributed by atoms with Crippen LogP contribution in [-0.2, 0) is 54.5 Å². The average Bonchev–Trinajstić information content (AvgIpc) is 2.71. The van der Waals surface area contributed by atoms with Crippen LogP contribution in [0.1, 0.15) is 46.5 Å². The molecular weight excluding hydrogens is 471 g/mol. The zero-order valence-corrected chi connectivity index (χ0v) is 21.4. The number of ketones is 1. The van der Waals surface area contributed by atoms with Crippen LogP contribution in [0, 0.1) is 0 Å². The van der Waals surface area contributed by atoms with E-state index >= 15 is 0 Å². The number of carbonyl (C=O) groups excluding carboxylic acids is 2. The molecule has 0 saturated heterocycles. The molecule has 0 unspecified atom stereocenters. The van der Waals surface area contributed by atoms with Gasteiger partial charge in [-0.25, -0.2) is 0 Å². The maximum atomic E-state index is 12.2. The Morgan fingerprint density at radius 1 is 0.935 bits per heavy atom. The maximum absolute atomic E-state index is 12.2. The number of esters is 1. The van der Waals surface area contributed by atoms with E-state index in [1.165, 1.54) is 21.1 Å². The van der Waals surface area contributed by atoms with Gasteiger partial charge in [-0.1, -0.05) is 0 Å². The van der Waals surface area contributed by atoms with Gasteiger partial charge in [0.05, 0.1) is 0 Å². The van der Waals surface area contributed by atoms with Gasteiger partial charge in [0, 0.05) is 0 Å². The summed E-state index contributed by atoms with van der Waals surface area (Å²) in [5.41, 5.74) is 0. The van der Waals surface area contributed by atoms with Gasteiger partial charge in [-0.3, -0.25) is 9.59 Å². The Morgan fingerprint density at radius 3 is 2.19 bits per heavy atom. The molecule has 185 valence electrons. The third-order valence-electron chi connectivity index (χ3n) is 3.86. The number of hydrogen-bond donors (Lipinski definition) is 0. The molecule has 31 heavy (non-hydrogen) atoms. The number of carbonyl (C=O) groups is 2. The van der Waals surface area contributed by atoms with Gasteiger partial charge in [-0.2, -0.15) is 0 Å². The fraction of sp³-hybridized carbons (Fsp3) is 0.800. The first-order chi connectivity index (χ1) is 14.8. The van der Waals surface area contributed by atoms with Crippen LogP contribution in [0.25, 0.3) is 0 Å². The normalized spacial score (nSPS) is 12.5. The Hall–Kier alpha value is -0.957. The molecule has 0 fully saturated rings. The molecule has 11 heteroatoms. The predicted molar refractivity (Wildman–Crippen MR) is 112 cm³/mol. The van der Waals surface area contributed by atoms with Crippen LogP contribution in [0.3, 0.4) is 0 Å².